The highest BCUT2D eigenvalue weighted by Crippen LogP contribution is 2.39. The van der Waals surface area contributed by atoms with Crippen LogP contribution in [0.5, 0.6) is 5.75 Å². The van der Waals surface area contributed by atoms with Crippen LogP contribution < -0.4 is 19.9 Å². The maximum absolute atomic E-state index is 13.5. The Morgan fingerprint density at radius 2 is 1.93 bits per heavy atom. The number of nitrogens with zero attached hydrogens (tertiary/aromatic N) is 6. The fraction of sp³-hybridized carbons (Fsp3) is 0.400. The summed E-state index contributed by atoms with van der Waals surface area (Å²) < 4.78 is 24.8. The number of rotatable bonds is 9. The smallest absolute Gasteiger partial charge is 0.163 e. The summed E-state index contributed by atoms with van der Waals surface area (Å²) >= 11 is 6.70. The number of ether oxygens (including phenoxy) is 1. The number of halogens is 2. The number of likely N-dealkylation sites (N-methyl/N-ethyl adjacent to an activating group) is 1. The van der Waals surface area contributed by atoms with Crippen LogP contribution in [-0.2, 0) is 13.1 Å². The Kier molecular flexibility index (Phi) is 7.73. The molecule has 6 rings (SSSR count). The number of benzene rings is 1. The summed E-state index contributed by atoms with van der Waals surface area (Å²) in [6, 6.07) is 9.31. The van der Waals surface area contributed by atoms with Crippen molar-refractivity contribution in [3.05, 3.63) is 63.6 Å². The molecule has 3 aromatic heterocycles. The number of anilines is 2. The largest absolute Gasteiger partial charge is 0.491 e. The zero-order valence-corrected chi connectivity index (χ0v) is 24.7. The maximum Gasteiger partial charge on any atom is 0.163 e. The third-order valence-corrected chi connectivity index (χ3v) is 8.00. The Labute approximate surface area is 248 Å². The molecule has 220 valence electrons. The van der Waals surface area contributed by atoms with Crippen molar-refractivity contribution in [2.45, 2.75) is 46.1 Å². The second-order valence-corrected chi connectivity index (χ2v) is 11.2. The van der Waals surface area contributed by atoms with Crippen molar-refractivity contribution in [2.75, 3.05) is 43.1 Å². The van der Waals surface area contributed by atoms with Gasteiger partial charge in [-0.1, -0.05) is 22.8 Å². The van der Waals surface area contributed by atoms with Gasteiger partial charge >= 0.3 is 0 Å². The molecule has 12 heteroatoms. The third kappa shape index (κ3) is 5.39. The molecule has 1 fully saturated rings. The molecule has 0 saturated carbocycles. The predicted molar refractivity (Wildman–Crippen MR) is 159 cm³/mol. The van der Waals surface area contributed by atoms with E-state index in [4.69, 9.17) is 35.8 Å². The highest BCUT2D eigenvalue weighted by Gasteiger charge is 2.31. The molecule has 0 radical (unpaired) electrons. The second-order valence-electron chi connectivity index (χ2n) is 10.8. The van der Waals surface area contributed by atoms with Gasteiger partial charge in [-0.25, -0.2) is 19.3 Å². The first-order valence-corrected chi connectivity index (χ1v) is 14.3. The van der Waals surface area contributed by atoms with Crippen LogP contribution in [0.15, 0.2) is 34.9 Å². The van der Waals surface area contributed by atoms with Crippen molar-refractivity contribution in [3.63, 3.8) is 0 Å². The van der Waals surface area contributed by atoms with Crippen molar-refractivity contribution >= 4 is 23.2 Å². The maximum atomic E-state index is 13.5. The minimum absolute atomic E-state index is 0.122. The molecule has 0 unspecified atom stereocenters. The van der Waals surface area contributed by atoms with E-state index in [0.29, 0.717) is 66.3 Å². The molecule has 0 spiro atoms. The van der Waals surface area contributed by atoms with Crippen LogP contribution in [-0.4, -0.2) is 70.8 Å². The summed E-state index contributed by atoms with van der Waals surface area (Å²) in [5, 5.41) is 17.7. The van der Waals surface area contributed by atoms with E-state index in [-0.39, 0.29) is 6.61 Å². The number of pyridine rings is 1. The van der Waals surface area contributed by atoms with Gasteiger partial charge in [-0.05, 0) is 57.6 Å². The van der Waals surface area contributed by atoms with Gasteiger partial charge in [0.25, 0.3) is 0 Å². The zero-order valence-electron chi connectivity index (χ0n) is 24.0. The average Bonchev–Trinajstić information content (AvgIpc) is 3.53. The van der Waals surface area contributed by atoms with Crippen molar-refractivity contribution in [1.82, 2.24) is 25.4 Å². The number of nitrogens with one attached hydrogen (secondary N) is 1. The summed E-state index contributed by atoms with van der Waals surface area (Å²) in [6.45, 7) is 8.20. The van der Waals surface area contributed by atoms with Gasteiger partial charge in [-0.2, -0.15) is 0 Å². The van der Waals surface area contributed by atoms with Crippen LogP contribution in [0.4, 0.5) is 16.0 Å². The van der Waals surface area contributed by atoms with Gasteiger partial charge in [0.1, 0.15) is 42.0 Å². The van der Waals surface area contributed by atoms with E-state index >= 15 is 0 Å². The first kappa shape index (κ1) is 28.3. The van der Waals surface area contributed by atoms with E-state index in [9.17, 15) is 9.50 Å². The monoisotopic (exact) mass is 593 g/mol. The number of hydrogen-bond donors (Lipinski definition) is 2. The summed E-state index contributed by atoms with van der Waals surface area (Å²) in [5.41, 5.74) is 5.77. The van der Waals surface area contributed by atoms with E-state index < -0.39 is 12.3 Å². The molecule has 0 bridgehead atoms. The van der Waals surface area contributed by atoms with Crippen molar-refractivity contribution < 1.29 is 18.8 Å². The SMILES string of the molecule is CNC[C@@H](O)COc1ccc(Cl)c(-c2nc(-c3c(C)noc3C)c(C)c(N3Cc4ccc(N5CC(F)C5)nc4C3)n2)c1. The summed E-state index contributed by atoms with van der Waals surface area (Å²) in [6.07, 6.45) is -1.46. The predicted octanol–water partition coefficient (Wildman–Crippen LogP) is 4.41. The number of aryl methyl sites for hydroxylation is 2. The standard InChI is InChI=1S/C30H33ClFN7O3/c1-16-28(27-17(2)37-42-18(27)3)35-29(23-9-22(6-7-24(23)31)41-15-21(40)10-33-4)36-30(16)39-11-19-5-8-26(34-25(19)14-39)38-12-20(32)13-38/h5-9,20-21,33,40H,10-15H2,1-4H3/t21-/m1/s1. The molecule has 1 aromatic carbocycles. The van der Waals surface area contributed by atoms with Gasteiger partial charge in [-0.15, -0.1) is 0 Å². The van der Waals surface area contributed by atoms with Crippen LogP contribution in [0.25, 0.3) is 22.6 Å². The molecule has 1 atom stereocenters. The number of hydrogen-bond acceptors (Lipinski definition) is 10. The molecule has 5 heterocycles. The van der Waals surface area contributed by atoms with Gasteiger partial charge in [0.2, 0.25) is 0 Å². The third-order valence-electron chi connectivity index (χ3n) is 7.67. The van der Waals surface area contributed by atoms with E-state index in [1.54, 1.807) is 25.2 Å². The van der Waals surface area contributed by atoms with Crippen LogP contribution in [0.3, 0.4) is 0 Å². The Bertz CT molecular complexity index is 1610. The zero-order chi connectivity index (χ0) is 29.5. The van der Waals surface area contributed by atoms with E-state index in [2.05, 4.69) is 21.4 Å². The minimum atomic E-state index is -0.796. The topological polar surface area (TPSA) is 113 Å². The number of aliphatic hydroxyl groups excluding tert-OH is 1. The summed E-state index contributed by atoms with van der Waals surface area (Å²) in [5.74, 6) is 3.17. The highest BCUT2D eigenvalue weighted by molar-refractivity contribution is 6.33. The van der Waals surface area contributed by atoms with E-state index in [1.165, 1.54) is 0 Å². The Hall–Kier alpha value is -3.80. The van der Waals surface area contributed by atoms with Crippen LogP contribution in [0.1, 0.15) is 28.3 Å². The van der Waals surface area contributed by atoms with Crippen LogP contribution in [0, 0.1) is 20.8 Å². The first-order valence-electron chi connectivity index (χ1n) is 13.9. The molecular weight excluding hydrogens is 561 g/mol. The van der Waals surface area contributed by atoms with Crippen molar-refractivity contribution in [1.29, 1.82) is 0 Å². The molecular formula is C30H33ClFN7O3. The number of fused-ring (bicyclic) bond motifs is 1. The molecule has 0 aliphatic carbocycles. The highest BCUT2D eigenvalue weighted by atomic mass is 35.5. The molecule has 2 aliphatic heterocycles. The van der Waals surface area contributed by atoms with Crippen molar-refractivity contribution in [2.24, 2.45) is 0 Å². The molecule has 42 heavy (non-hydrogen) atoms. The molecule has 10 nitrogen and oxygen atoms in total. The quantitative estimate of drug-likeness (QED) is 0.289. The van der Waals surface area contributed by atoms with Gasteiger partial charge < -0.3 is 29.5 Å². The summed E-state index contributed by atoms with van der Waals surface area (Å²) in [4.78, 5) is 19.0. The average molecular weight is 594 g/mol. The van der Waals surface area contributed by atoms with Crippen molar-refractivity contribution in [3.8, 4) is 28.4 Å². The lowest BCUT2D eigenvalue weighted by atomic mass is 10.0. The molecule has 0 amide bonds. The molecule has 2 aliphatic rings. The van der Waals surface area contributed by atoms with Crippen LogP contribution in [0.2, 0.25) is 5.02 Å². The number of aromatic nitrogens is 4. The lowest BCUT2D eigenvalue weighted by molar-refractivity contribution is 0.108. The van der Waals surface area contributed by atoms with Gasteiger partial charge in [0.05, 0.1) is 47.3 Å². The lowest BCUT2D eigenvalue weighted by Crippen LogP contribution is -2.48. The normalized spacial score (nSPS) is 15.6. The lowest BCUT2D eigenvalue weighted by Gasteiger charge is -2.35. The number of aliphatic hydroxyl groups is 1. The number of alkyl halides is 1. The first-order chi connectivity index (χ1) is 20.2. The fourth-order valence-corrected chi connectivity index (χ4v) is 5.63. The van der Waals surface area contributed by atoms with E-state index in [0.717, 1.165) is 39.7 Å². The molecule has 4 aromatic rings. The Morgan fingerprint density at radius 1 is 1.12 bits per heavy atom. The van der Waals surface area contributed by atoms with Gasteiger partial charge in [0, 0.05) is 24.2 Å². The van der Waals surface area contributed by atoms with Gasteiger partial charge in [0.15, 0.2) is 5.82 Å². The fourth-order valence-electron chi connectivity index (χ4n) is 5.43. The van der Waals surface area contributed by atoms with E-state index in [1.807, 2.05) is 31.7 Å². The Balaban J connectivity index is 1.39. The Morgan fingerprint density at radius 3 is 2.64 bits per heavy atom. The molecule has 2 N–H and O–H groups in total. The second kappa shape index (κ2) is 11.5. The molecule has 1 saturated heterocycles. The minimum Gasteiger partial charge on any atom is -0.491 e. The summed E-state index contributed by atoms with van der Waals surface area (Å²) in [7, 11) is 1.77. The van der Waals surface area contributed by atoms with Gasteiger partial charge in [-0.3, -0.25) is 0 Å². The van der Waals surface area contributed by atoms with Crippen LogP contribution >= 0.6 is 11.6 Å².